The molecular weight excluding hydrogens is 558 g/mol. The van der Waals surface area contributed by atoms with Crippen molar-refractivity contribution in [2.75, 3.05) is 23.0 Å². The van der Waals surface area contributed by atoms with Crippen LogP contribution in [0.25, 0.3) is 11.3 Å². The molecule has 0 aliphatic rings. The summed E-state index contributed by atoms with van der Waals surface area (Å²) >= 11 is 0.848. The lowest BCUT2D eigenvalue weighted by Gasteiger charge is -2.14. The summed E-state index contributed by atoms with van der Waals surface area (Å²) in [7, 11) is 1.44. The molecule has 0 spiro atoms. The number of anilines is 2. The number of halogens is 4. The van der Waals surface area contributed by atoms with Crippen LogP contribution in [0.1, 0.15) is 30.6 Å². The first-order chi connectivity index (χ1) is 18.4. The van der Waals surface area contributed by atoms with Crippen molar-refractivity contribution in [3.8, 4) is 11.3 Å². The molecular formula is C25H23F4N5O3S2. The molecule has 0 aliphatic heterocycles. The van der Waals surface area contributed by atoms with Crippen LogP contribution in [0, 0.1) is 5.82 Å². The van der Waals surface area contributed by atoms with E-state index in [2.05, 4.69) is 20.5 Å². The van der Waals surface area contributed by atoms with E-state index in [9.17, 15) is 31.9 Å². The molecule has 14 heteroatoms. The van der Waals surface area contributed by atoms with Crippen LogP contribution >= 0.6 is 23.5 Å². The fourth-order valence-corrected chi connectivity index (χ4v) is 4.38. The number of Topliss-reactive ketones (excluding diaryl/α,β-unsaturated/α-hetero) is 1. The third-order valence-corrected chi connectivity index (χ3v) is 6.88. The van der Waals surface area contributed by atoms with E-state index in [1.165, 1.54) is 54.4 Å². The molecule has 1 aromatic heterocycles. The Kier molecular flexibility index (Phi) is 9.92. The number of thioether (sulfide) groups is 2. The van der Waals surface area contributed by atoms with E-state index in [0.29, 0.717) is 22.7 Å². The Bertz CT molecular complexity index is 1390. The third kappa shape index (κ3) is 8.68. The molecule has 0 unspecified atom stereocenters. The number of H-pyrrole nitrogens is 1. The van der Waals surface area contributed by atoms with Crippen molar-refractivity contribution in [2.24, 2.45) is 4.99 Å². The van der Waals surface area contributed by atoms with Gasteiger partial charge in [-0.2, -0.15) is 23.3 Å². The number of hydrogen-bond donors (Lipinski definition) is 2. The van der Waals surface area contributed by atoms with Crippen LogP contribution in [0.5, 0.6) is 0 Å². The summed E-state index contributed by atoms with van der Waals surface area (Å²) in [6.07, 6.45) is 0.385. The van der Waals surface area contributed by atoms with Crippen molar-refractivity contribution >= 4 is 57.8 Å². The van der Waals surface area contributed by atoms with Gasteiger partial charge in [0.25, 0.3) is 5.91 Å². The predicted molar refractivity (Wildman–Crippen MR) is 145 cm³/mol. The van der Waals surface area contributed by atoms with Crippen molar-refractivity contribution in [3.63, 3.8) is 0 Å². The lowest BCUT2D eigenvalue weighted by atomic mass is 10.1. The SMILES string of the molecule is CCC(=O)CS/C(C)=N\C(=O)Nc1ccc(-c2cc(N(C)C(=O)c3ccc(SC(F)(F)F)cc3)n[nH]2)cc1F. The smallest absolute Gasteiger partial charge is 0.303 e. The summed E-state index contributed by atoms with van der Waals surface area (Å²) in [6, 6.07) is 9.74. The lowest BCUT2D eigenvalue weighted by Crippen LogP contribution is -2.26. The van der Waals surface area contributed by atoms with Gasteiger partial charge in [0.15, 0.2) is 5.82 Å². The Morgan fingerprint density at radius 3 is 2.41 bits per heavy atom. The predicted octanol–water partition coefficient (Wildman–Crippen LogP) is 6.77. The summed E-state index contributed by atoms with van der Waals surface area (Å²) in [5, 5.41) is 9.49. The Morgan fingerprint density at radius 1 is 1.10 bits per heavy atom. The summed E-state index contributed by atoms with van der Waals surface area (Å²) in [6.45, 7) is 3.31. The van der Waals surface area contributed by atoms with Crippen LogP contribution in [0.2, 0.25) is 0 Å². The number of aromatic nitrogens is 2. The van der Waals surface area contributed by atoms with Gasteiger partial charge in [-0.05, 0) is 55.1 Å². The molecule has 0 saturated heterocycles. The second kappa shape index (κ2) is 12.9. The van der Waals surface area contributed by atoms with Crippen molar-refractivity contribution in [3.05, 3.63) is 59.9 Å². The number of rotatable bonds is 8. The second-order valence-electron chi connectivity index (χ2n) is 8.01. The molecule has 206 valence electrons. The molecule has 3 rings (SSSR count). The second-order valence-corrected chi connectivity index (χ2v) is 10.3. The molecule has 0 atom stereocenters. The van der Waals surface area contributed by atoms with Crippen molar-refractivity contribution in [1.29, 1.82) is 0 Å². The molecule has 0 saturated carbocycles. The van der Waals surface area contributed by atoms with E-state index in [1.807, 2.05) is 0 Å². The number of nitrogens with one attached hydrogen (secondary N) is 2. The Hall–Kier alpha value is -3.65. The van der Waals surface area contributed by atoms with Gasteiger partial charge in [0.1, 0.15) is 11.6 Å². The van der Waals surface area contributed by atoms with Gasteiger partial charge < -0.3 is 5.32 Å². The largest absolute Gasteiger partial charge is 0.446 e. The first-order valence-corrected chi connectivity index (χ1v) is 13.2. The molecule has 3 amide bonds. The third-order valence-electron chi connectivity index (χ3n) is 5.16. The minimum absolute atomic E-state index is 0.0202. The molecule has 8 nitrogen and oxygen atoms in total. The van der Waals surface area contributed by atoms with E-state index in [1.54, 1.807) is 13.8 Å². The zero-order chi connectivity index (χ0) is 28.7. The van der Waals surface area contributed by atoms with Gasteiger partial charge in [-0.15, -0.1) is 11.8 Å². The molecule has 0 fully saturated rings. The Morgan fingerprint density at radius 2 is 1.79 bits per heavy atom. The molecule has 0 bridgehead atoms. The number of ketones is 1. The minimum atomic E-state index is -4.43. The summed E-state index contributed by atoms with van der Waals surface area (Å²) < 4.78 is 52.3. The topological polar surface area (TPSA) is 108 Å². The fraction of sp³-hybridized carbons (Fsp3) is 0.240. The van der Waals surface area contributed by atoms with Gasteiger partial charge in [0.2, 0.25) is 0 Å². The molecule has 1 heterocycles. The number of amides is 3. The average Bonchev–Trinajstić information content (AvgIpc) is 3.37. The van der Waals surface area contributed by atoms with Gasteiger partial charge in [0, 0.05) is 35.6 Å². The monoisotopic (exact) mass is 581 g/mol. The number of carbonyl (C=O) groups excluding carboxylic acids is 3. The molecule has 2 N–H and O–H groups in total. The van der Waals surface area contributed by atoms with Gasteiger partial charge in [-0.1, -0.05) is 13.0 Å². The number of urea groups is 1. The van der Waals surface area contributed by atoms with Crippen molar-refractivity contribution in [2.45, 2.75) is 30.7 Å². The number of alkyl halides is 3. The van der Waals surface area contributed by atoms with Crippen LogP contribution in [0.15, 0.2) is 58.4 Å². The summed E-state index contributed by atoms with van der Waals surface area (Å²) in [5.74, 6) is -0.825. The summed E-state index contributed by atoms with van der Waals surface area (Å²) in [5.41, 5.74) is -3.61. The number of hydrogen-bond acceptors (Lipinski definition) is 6. The molecule has 2 aromatic carbocycles. The highest BCUT2D eigenvalue weighted by atomic mass is 32.2. The van der Waals surface area contributed by atoms with Crippen LogP contribution in [-0.4, -0.2) is 51.3 Å². The van der Waals surface area contributed by atoms with E-state index >= 15 is 0 Å². The van der Waals surface area contributed by atoms with Crippen molar-refractivity contribution < 1.29 is 31.9 Å². The fourth-order valence-electron chi connectivity index (χ4n) is 3.12. The van der Waals surface area contributed by atoms with E-state index in [0.717, 1.165) is 17.8 Å². The van der Waals surface area contributed by atoms with E-state index < -0.39 is 23.3 Å². The normalized spacial score (nSPS) is 11.8. The van der Waals surface area contributed by atoms with Crippen LogP contribution < -0.4 is 10.2 Å². The zero-order valence-corrected chi connectivity index (χ0v) is 22.6. The summed E-state index contributed by atoms with van der Waals surface area (Å²) in [4.78, 5) is 41.2. The molecule has 39 heavy (non-hydrogen) atoms. The quantitative estimate of drug-likeness (QED) is 0.132. The first kappa shape index (κ1) is 29.9. The van der Waals surface area contributed by atoms with E-state index in [4.69, 9.17) is 0 Å². The van der Waals surface area contributed by atoms with Gasteiger partial charge in [-0.25, -0.2) is 9.18 Å². The minimum Gasteiger partial charge on any atom is -0.303 e. The number of benzene rings is 2. The highest BCUT2D eigenvalue weighted by molar-refractivity contribution is 8.14. The number of aliphatic imine (C=N–C) groups is 1. The number of carbonyl (C=O) groups is 3. The number of aromatic amines is 1. The highest BCUT2D eigenvalue weighted by Crippen LogP contribution is 2.36. The van der Waals surface area contributed by atoms with Gasteiger partial charge in [-0.3, -0.25) is 19.6 Å². The number of nitrogens with zero attached hydrogens (tertiary/aromatic N) is 3. The lowest BCUT2D eigenvalue weighted by molar-refractivity contribution is -0.116. The van der Waals surface area contributed by atoms with Crippen LogP contribution in [0.3, 0.4) is 0 Å². The standard InChI is InChI=1S/C25H23F4N5O3S2/c1-4-17(35)13-38-14(2)30-24(37)31-20-10-7-16(11-19(20)26)21-12-22(33-32-21)34(3)23(36)15-5-8-18(9-6-15)39-25(27,28)29/h5-12H,4,13H2,1-3H3,(H,31,37)(H,32,33)/b30-14-. The van der Waals surface area contributed by atoms with Gasteiger partial charge in [0.05, 0.1) is 22.2 Å². The molecule has 0 radical (unpaired) electrons. The van der Waals surface area contributed by atoms with E-state index in [-0.39, 0.29) is 45.3 Å². The van der Waals surface area contributed by atoms with Gasteiger partial charge >= 0.3 is 11.5 Å². The van der Waals surface area contributed by atoms with Crippen molar-refractivity contribution in [1.82, 2.24) is 10.2 Å². The maximum Gasteiger partial charge on any atom is 0.446 e. The highest BCUT2D eigenvalue weighted by Gasteiger charge is 2.29. The first-order valence-electron chi connectivity index (χ1n) is 11.4. The van der Waals surface area contributed by atoms with Crippen LogP contribution in [0.4, 0.5) is 33.9 Å². The molecule has 0 aliphatic carbocycles. The zero-order valence-electron chi connectivity index (χ0n) is 20.9. The Balaban J connectivity index is 1.66. The average molecular weight is 582 g/mol. The maximum atomic E-state index is 14.7. The molecule has 3 aromatic rings. The Labute approximate surface area is 229 Å². The maximum absolute atomic E-state index is 14.7. The van der Waals surface area contributed by atoms with Crippen LogP contribution in [-0.2, 0) is 4.79 Å².